The van der Waals surface area contributed by atoms with Crippen LogP contribution in [0.2, 0.25) is 0 Å². The molecule has 0 aromatic carbocycles. The fraction of sp³-hybridized carbons (Fsp3) is 0.389. The Hall–Kier alpha value is -2.03. The zero-order chi connectivity index (χ0) is 16.0. The van der Waals surface area contributed by atoms with E-state index in [1.807, 2.05) is 33.0 Å². The van der Waals surface area contributed by atoms with Crippen molar-refractivity contribution in [1.29, 1.82) is 0 Å². The molecule has 1 heterocycles. The Morgan fingerprint density at radius 2 is 1.90 bits per heavy atom. The molecular weight excluding hydrogens is 258 g/mol. The summed E-state index contributed by atoms with van der Waals surface area (Å²) in [6.07, 6.45) is 2.58. The van der Waals surface area contributed by atoms with Crippen molar-refractivity contribution in [2.45, 2.75) is 40.0 Å². The van der Waals surface area contributed by atoms with Gasteiger partial charge in [-0.1, -0.05) is 31.7 Å². The zero-order valence-electron chi connectivity index (χ0n) is 13.8. The highest BCUT2D eigenvalue weighted by atomic mass is 14.9. The Balaban J connectivity index is 3.01. The molecule has 0 bridgehead atoms. The first kappa shape index (κ1) is 17.0. The van der Waals surface area contributed by atoms with Gasteiger partial charge in [0, 0.05) is 31.3 Å². The topological polar surface area (TPSA) is 37.6 Å². The summed E-state index contributed by atoms with van der Waals surface area (Å²) < 4.78 is 0. The highest BCUT2D eigenvalue weighted by molar-refractivity contribution is 6.11. The molecule has 0 aliphatic rings. The van der Waals surface area contributed by atoms with Crippen LogP contribution in [0.15, 0.2) is 52.6 Å². The zero-order valence-corrected chi connectivity index (χ0v) is 13.8. The molecule has 0 fully saturated rings. The summed E-state index contributed by atoms with van der Waals surface area (Å²) in [5.74, 6) is 1.01. The van der Waals surface area contributed by atoms with Gasteiger partial charge in [-0.3, -0.25) is 4.99 Å². The van der Waals surface area contributed by atoms with Crippen LogP contribution in [0, 0.1) is 0 Å². The fourth-order valence-electron chi connectivity index (χ4n) is 1.75. The summed E-state index contributed by atoms with van der Waals surface area (Å²) in [7, 11) is 1.79. The molecule has 21 heavy (non-hydrogen) atoms. The summed E-state index contributed by atoms with van der Waals surface area (Å²) in [4.78, 5) is 13.2. The molecule has 1 unspecified atom stereocenters. The van der Waals surface area contributed by atoms with Crippen LogP contribution in [0.25, 0.3) is 0 Å². The normalized spacial score (nSPS) is 14.0. The van der Waals surface area contributed by atoms with Gasteiger partial charge in [0.1, 0.15) is 0 Å². The van der Waals surface area contributed by atoms with E-state index in [0.717, 1.165) is 28.1 Å². The molecule has 0 aliphatic carbocycles. The SMILES string of the molecule is C=C(C)C(CC(C)=NC)=Nc1ccc(C(C)C(=C)C)cn1. The van der Waals surface area contributed by atoms with Gasteiger partial charge >= 0.3 is 0 Å². The number of allylic oxidation sites excluding steroid dienone is 2. The van der Waals surface area contributed by atoms with Crippen molar-refractivity contribution in [1.82, 2.24) is 4.98 Å². The maximum Gasteiger partial charge on any atom is 0.152 e. The molecule has 0 saturated heterocycles. The van der Waals surface area contributed by atoms with Crippen molar-refractivity contribution in [2.24, 2.45) is 9.98 Å². The molecule has 1 rings (SSSR count). The molecule has 0 saturated carbocycles. The van der Waals surface area contributed by atoms with E-state index in [9.17, 15) is 0 Å². The van der Waals surface area contributed by atoms with E-state index in [0.29, 0.717) is 18.2 Å². The van der Waals surface area contributed by atoms with Gasteiger partial charge in [-0.25, -0.2) is 9.98 Å². The van der Waals surface area contributed by atoms with Crippen molar-refractivity contribution in [3.8, 4) is 0 Å². The van der Waals surface area contributed by atoms with Gasteiger partial charge in [0.05, 0.1) is 5.71 Å². The number of hydrogen-bond donors (Lipinski definition) is 0. The largest absolute Gasteiger partial charge is 0.297 e. The molecule has 0 aliphatic heterocycles. The predicted molar refractivity (Wildman–Crippen MR) is 93.0 cm³/mol. The molecule has 3 nitrogen and oxygen atoms in total. The first-order valence-corrected chi connectivity index (χ1v) is 7.12. The third-order valence-electron chi connectivity index (χ3n) is 3.56. The molecule has 0 spiro atoms. The molecule has 0 N–H and O–H groups in total. The summed E-state index contributed by atoms with van der Waals surface area (Å²) in [5.41, 5.74) is 5.19. The van der Waals surface area contributed by atoms with E-state index in [-0.39, 0.29) is 0 Å². The number of rotatable bonds is 6. The van der Waals surface area contributed by atoms with E-state index in [1.54, 1.807) is 7.05 Å². The molecule has 1 atom stereocenters. The van der Waals surface area contributed by atoms with Crippen molar-refractivity contribution < 1.29 is 0 Å². The van der Waals surface area contributed by atoms with Crippen LogP contribution in [0.1, 0.15) is 45.6 Å². The van der Waals surface area contributed by atoms with E-state index in [2.05, 4.69) is 41.1 Å². The number of pyridine rings is 1. The smallest absolute Gasteiger partial charge is 0.152 e. The van der Waals surface area contributed by atoms with E-state index in [4.69, 9.17) is 0 Å². The van der Waals surface area contributed by atoms with E-state index >= 15 is 0 Å². The highest BCUT2D eigenvalue weighted by Gasteiger charge is 2.07. The Kier molecular flexibility index (Phi) is 6.22. The standard InChI is InChI=1S/C18H25N3/c1-12(2)15(6)16-8-9-18(20-11-16)21-17(13(3)4)10-14(5)19-7/h8-9,11,15H,1,3,10H2,2,4-7H3. The highest BCUT2D eigenvalue weighted by Crippen LogP contribution is 2.23. The molecule has 1 aromatic rings. The van der Waals surface area contributed by atoms with Crippen molar-refractivity contribution in [2.75, 3.05) is 7.05 Å². The van der Waals surface area contributed by atoms with E-state index in [1.165, 1.54) is 0 Å². The lowest BCUT2D eigenvalue weighted by Crippen LogP contribution is -2.06. The second-order valence-corrected chi connectivity index (χ2v) is 5.49. The first-order chi connectivity index (χ1) is 9.85. The van der Waals surface area contributed by atoms with Crippen molar-refractivity contribution >= 4 is 17.2 Å². The lowest BCUT2D eigenvalue weighted by Gasteiger charge is -2.11. The molecule has 1 aromatic heterocycles. The van der Waals surface area contributed by atoms with Crippen LogP contribution in [0.3, 0.4) is 0 Å². The second kappa shape index (κ2) is 7.67. The number of nitrogens with zero attached hydrogens (tertiary/aromatic N) is 3. The van der Waals surface area contributed by atoms with Crippen LogP contribution in [0.5, 0.6) is 0 Å². The molecule has 0 radical (unpaired) electrons. The molecule has 0 amide bonds. The van der Waals surface area contributed by atoms with Gasteiger partial charge in [0.15, 0.2) is 5.82 Å². The minimum absolute atomic E-state index is 0.311. The van der Waals surface area contributed by atoms with Gasteiger partial charge in [0.25, 0.3) is 0 Å². The van der Waals surface area contributed by atoms with Crippen molar-refractivity contribution in [3.63, 3.8) is 0 Å². The van der Waals surface area contributed by atoms with Gasteiger partial charge < -0.3 is 0 Å². The van der Waals surface area contributed by atoms with E-state index < -0.39 is 0 Å². The van der Waals surface area contributed by atoms with Gasteiger partial charge in [-0.15, -0.1) is 0 Å². The lowest BCUT2D eigenvalue weighted by atomic mass is 9.97. The minimum atomic E-state index is 0.311. The maximum absolute atomic E-state index is 4.59. The van der Waals surface area contributed by atoms with Crippen molar-refractivity contribution in [3.05, 3.63) is 48.2 Å². The quantitative estimate of drug-likeness (QED) is 0.541. The Labute approximate surface area is 128 Å². The summed E-state index contributed by atoms with van der Waals surface area (Å²) >= 11 is 0. The molecular formula is C18H25N3. The summed E-state index contributed by atoms with van der Waals surface area (Å²) in [6, 6.07) is 4.00. The van der Waals surface area contributed by atoms with Gasteiger partial charge in [0.2, 0.25) is 0 Å². The van der Waals surface area contributed by atoms with Crippen LogP contribution in [-0.4, -0.2) is 23.5 Å². The van der Waals surface area contributed by atoms with Crippen LogP contribution in [-0.2, 0) is 0 Å². The van der Waals surface area contributed by atoms with Gasteiger partial charge in [-0.05, 0) is 38.0 Å². The average molecular weight is 283 g/mol. The maximum atomic E-state index is 4.59. The average Bonchev–Trinajstić information content (AvgIpc) is 2.46. The Bertz CT molecular complexity index is 577. The first-order valence-electron chi connectivity index (χ1n) is 7.12. The molecule has 112 valence electrons. The lowest BCUT2D eigenvalue weighted by molar-refractivity contribution is 0.889. The number of hydrogen-bond acceptors (Lipinski definition) is 3. The Morgan fingerprint density at radius 1 is 1.24 bits per heavy atom. The minimum Gasteiger partial charge on any atom is -0.297 e. The number of aliphatic imine (C=N–C) groups is 2. The summed E-state index contributed by atoms with van der Waals surface area (Å²) in [5, 5.41) is 0. The van der Waals surface area contributed by atoms with Crippen LogP contribution < -0.4 is 0 Å². The summed E-state index contributed by atoms with van der Waals surface area (Å²) in [6.45, 7) is 16.1. The fourth-order valence-corrected chi connectivity index (χ4v) is 1.75. The third-order valence-corrected chi connectivity index (χ3v) is 3.56. The monoisotopic (exact) mass is 283 g/mol. The van der Waals surface area contributed by atoms with Gasteiger partial charge in [-0.2, -0.15) is 0 Å². The van der Waals surface area contributed by atoms with Crippen LogP contribution in [0.4, 0.5) is 5.82 Å². The predicted octanol–water partition coefficient (Wildman–Crippen LogP) is 4.89. The molecule has 3 heteroatoms. The number of aromatic nitrogens is 1. The van der Waals surface area contributed by atoms with Crippen LogP contribution >= 0.6 is 0 Å². The third kappa shape index (κ3) is 5.10. The Morgan fingerprint density at radius 3 is 2.33 bits per heavy atom. The second-order valence-electron chi connectivity index (χ2n) is 5.49.